The molecule has 2 aromatic heterocycles. The lowest BCUT2D eigenvalue weighted by Crippen LogP contribution is -2.29. The standard InChI is InChI=1S/C21H20N6O2S/c28-30(29,19-8-7-16-4-1-2-5-17(16)14-19)24-13-12-23-20-9-10-21(27-26-20)25-18-6-3-11-22-15-18/h1-11,14-15,24H,12-13H2,(H,23,26)(H,25,27). The summed E-state index contributed by atoms with van der Waals surface area (Å²) in [6, 6.07) is 20.0. The summed E-state index contributed by atoms with van der Waals surface area (Å²) in [6.45, 7) is 0.587. The second-order valence-corrected chi connectivity index (χ2v) is 8.27. The van der Waals surface area contributed by atoms with Crippen molar-refractivity contribution in [1.82, 2.24) is 19.9 Å². The lowest BCUT2D eigenvalue weighted by molar-refractivity contribution is 0.583. The smallest absolute Gasteiger partial charge is 0.240 e. The Bertz CT molecular complexity index is 1230. The number of nitrogens with one attached hydrogen (secondary N) is 3. The highest BCUT2D eigenvalue weighted by Crippen LogP contribution is 2.18. The van der Waals surface area contributed by atoms with Gasteiger partial charge < -0.3 is 10.6 Å². The number of rotatable bonds is 8. The highest BCUT2D eigenvalue weighted by molar-refractivity contribution is 7.89. The molecule has 0 atom stereocenters. The van der Waals surface area contributed by atoms with Crippen LogP contribution < -0.4 is 15.4 Å². The highest BCUT2D eigenvalue weighted by Gasteiger charge is 2.13. The molecule has 152 valence electrons. The first kappa shape index (κ1) is 19.7. The lowest BCUT2D eigenvalue weighted by Gasteiger charge is -2.09. The first-order valence-electron chi connectivity index (χ1n) is 9.33. The van der Waals surface area contributed by atoms with Gasteiger partial charge in [-0.1, -0.05) is 30.3 Å². The first-order valence-corrected chi connectivity index (χ1v) is 10.8. The second kappa shape index (κ2) is 8.85. The summed E-state index contributed by atoms with van der Waals surface area (Å²) < 4.78 is 27.6. The average Bonchev–Trinajstić information content (AvgIpc) is 2.78. The van der Waals surface area contributed by atoms with Crippen LogP contribution in [0, 0.1) is 0 Å². The van der Waals surface area contributed by atoms with Crippen molar-refractivity contribution < 1.29 is 8.42 Å². The molecule has 0 spiro atoms. The Labute approximate surface area is 174 Å². The zero-order chi connectivity index (χ0) is 20.8. The number of nitrogens with zero attached hydrogens (tertiary/aromatic N) is 3. The molecule has 0 aliphatic rings. The number of hydrogen-bond acceptors (Lipinski definition) is 7. The van der Waals surface area contributed by atoms with Crippen molar-refractivity contribution in [1.29, 1.82) is 0 Å². The Kier molecular flexibility index (Phi) is 5.82. The summed E-state index contributed by atoms with van der Waals surface area (Å²) in [7, 11) is -3.59. The molecule has 0 radical (unpaired) electrons. The molecule has 0 aliphatic heterocycles. The molecule has 9 heteroatoms. The molecule has 0 fully saturated rings. The molecule has 3 N–H and O–H groups in total. The Hall–Kier alpha value is -3.56. The zero-order valence-corrected chi connectivity index (χ0v) is 16.8. The zero-order valence-electron chi connectivity index (χ0n) is 16.0. The van der Waals surface area contributed by atoms with Gasteiger partial charge in [0.15, 0.2) is 5.82 Å². The minimum Gasteiger partial charge on any atom is -0.367 e. The average molecular weight is 420 g/mol. The Morgan fingerprint density at radius 2 is 1.60 bits per heavy atom. The predicted molar refractivity (Wildman–Crippen MR) is 117 cm³/mol. The van der Waals surface area contributed by atoms with Gasteiger partial charge in [-0.05, 0) is 47.2 Å². The summed E-state index contributed by atoms with van der Waals surface area (Å²) in [4.78, 5) is 4.27. The molecule has 30 heavy (non-hydrogen) atoms. The van der Waals surface area contributed by atoms with E-state index in [1.54, 1.807) is 42.7 Å². The van der Waals surface area contributed by atoms with E-state index >= 15 is 0 Å². The van der Waals surface area contributed by atoms with Gasteiger partial charge in [0.2, 0.25) is 10.0 Å². The Balaban J connectivity index is 1.29. The fraction of sp³-hybridized carbons (Fsp3) is 0.0952. The maximum Gasteiger partial charge on any atom is 0.240 e. The van der Waals surface area contributed by atoms with Crippen LogP contribution in [0.25, 0.3) is 10.8 Å². The van der Waals surface area contributed by atoms with E-state index in [4.69, 9.17) is 0 Å². The van der Waals surface area contributed by atoms with Gasteiger partial charge in [0.25, 0.3) is 0 Å². The van der Waals surface area contributed by atoms with Crippen LogP contribution in [0.3, 0.4) is 0 Å². The van der Waals surface area contributed by atoms with E-state index < -0.39 is 10.0 Å². The molecule has 4 aromatic rings. The number of fused-ring (bicyclic) bond motifs is 1. The molecule has 0 amide bonds. The maximum atomic E-state index is 12.5. The molecule has 0 unspecified atom stereocenters. The van der Waals surface area contributed by atoms with Gasteiger partial charge in [0.1, 0.15) is 5.82 Å². The largest absolute Gasteiger partial charge is 0.367 e. The Morgan fingerprint density at radius 3 is 2.37 bits per heavy atom. The number of pyridine rings is 1. The van der Waals surface area contributed by atoms with Gasteiger partial charge in [-0.25, -0.2) is 13.1 Å². The van der Waals surface area contributed by atoms with E-state index in [1.165, 1.54) is 0 Å². The van der Waals surface area contributed by atoms with Gasteiger partial charge in [0, 0.05) is 19.3 Å². The molecule has 2 heterocycles. The Morgan fingerprint density at radius 1 is 0.800 bits per heavy atom. The first-order chi connectivity index (χ1) is 14.6. The van der Waals surface area contributed by atoms with Crippen LogP contribution in [0.1, 0.15) is 0 Å². The molecule has 0 saturated carbocycles. The number of anilines is 3. The van der Waals surface area contributed by atoms with Crippen molar-refractivity contribution >= 4 is 38.1 Å². The van der Waals surface area contributed by atoms with Gasteiger partial charge >= 0.3 is 0 Å². The van der Waals surface area contributed by atoms with E-state index in [0.717, 1.165) is 16.5 Å². The summed E-state index contributed by atoms with van der Waals surface area (Å²) in [5.41, 5.74) is 0.815. The topological polar surface area (TPSA) is 109 Å². The summed E-state index contributed by atoms with van der Waals surface area (Å²) in [5.74, 6) is 1.14. The second-order valence-electron chi connectivity index (χ2n) is 6.50. The fourth-order valence-electron chi connectivity index (χ4n) is 2.87. The highest BCUT2D eigenvalue weighted by atomic mass is 32.2. The monoisotopic (exact) mass is 420 g/mol. The van der Waals surface area contributed by atoms with Crippen LogP contribution in [0.5, 0.6) is 0 Å². The minimum absolute atomic E-state index is 0.215. The van der Waals surface area contributed by atoms with Crippen molar-refractivity contribution in [3.63, 3.8) is 0 Å². The number of aromatic nitrogens is 3. The number of benzene rings is 2. The van der Waals surface area contributed by atoms with Gasteiger partial charge in [0.05, 0.1) is 16.8 Å². The van der Waals surface area contributed by atoms with Crippen molar-refractivity contribution in [3.05, 3.63) is 79.1 Å². The van der Waals surface area contributed by atoms with Crippen molar-refractivity contribution in [2.45, 2.75) is 4.90 Å². The SMILES string of the molecule is O=S(=O)(NCCNc1ccc(Nc2cccnc2)nn1)c1ccc2ccccc2c1. The number of sulfonamides is 1. The van der Waals surface area contributed by atoms with Crippen molar-refractivity contribution in [3.8, 4) is 0 Å². The van der Waals surface area contributed by atoms with Crippen LogP contribution >= 0.6 is 0 Å². The molecule has 0 bridgehead atoms. The number of hydrogen-bond donors (Lipinski definition) is 3. The van der Waals surface area contributed by atoms with E-state index in [1.807, 2.05) is 36.4 Å². The van der Waals surface area contributed by atoms with Crippen LogP contribution in [0.2, 0.25) is 0 Å². The molecule has 8 nitrogen and oxygen atoms in total. The normalized spacial score (nSPS) is 11.3. The third-order valence-electron chi connectivity index (χ3n) is 4.35. The molecular formula is C21H20N6O2S. The lowest BCUT2D eigenvalue weighted by atomic mass is 10.1. The van der Waals surface area contributed by atoms with Crippen LogP contribution in [-0.4, -0.2) is 36.7 Å². The van der Waals surface area contributed by atoms with E-state index in [-0.39, 0.29) is 11.4 Å². The molecule has 0 aliphatic carbocycles. The van der Waals surface area contributed by atoms with Crippen LogP contribution in [-0.2, 0) is 10.0 Å². The summed E-state index contributed by atoms with van der Waals surface area (Å²) in [5, 5.41) is 16.2. The van der Waals surface area contributed by atoms with E-state index in [2.05, 4.69) is 30.5 Å². The molecule has 0 saturated heterocycles. The third-order valence-corrected chi connectivity index (χ3v) is 5.81. The van der Waals surface area contributed by atoms with E-state index in [9.17, 15) is 8.42 Å². The fourth-order valence-corrected chi connectivity index (χ4v) is 3.94. The van der Waals surface area contributed by atoms with Gasteiger partial charge in [-0.2, -0.15) is 0 Å². The van der Waals surface area contributed by atoms with Gasteiger partial charge in [-0.15, -0.1) is 10.2 Å². The third kappa shape index (κ3) is 4.88. The van der Waals surface area contributed by atoms with Crippen LogP contribution in [0.4, 0.5) is 17.3 Å². The van der Waals surface area contributed by atoms with E-state index in [0.29, 0.717) is 18.2 Å². The molecule has 2 aromatic carbocycles. The predicted octanol–water partition coefficient (Wildman–Crippen LogP) is 3.16. The molecular weight excluding hydrogens is 400 g/mol. The minimum atomic E-state index is -3.59. The quantitative estimate of drug-likeness (QED) is 0.376. The van der Waals surface area contributed by atoms with Crippen molar-refractivity contribution in [2.75, 3.05) is 23.7 Å². The van der Waals surface area contributed by atoms with Crippen LogP contribution in [0.15, 0.2) is 84.0 Å². The maximum absolute atomic E-state index is 12.5. The van der Waals surface area contributed by atoms with Crippen molar-refractivity contribution in [2.24, 2.45) is 0 Å². The molecule has 4 rings (SSSR count). The van der Waals surface area contributed by atoms with Gasteiger partial charge in [-0.3, -0.25) is 4.98 Å². The summed E-state index contributed by atoms with van der Waals surface area (Å²) in [6.07, 6.45) is 3.38. The summed E-state index contributed by atoms with van der Waals surface area (Å²) >= 11 is 0.